The molecule has 2 aliphatic rings. The fraction of sp³-hybridized carbons (Fsp3) is 0.714. The first kappa shape index (κ1) is 21.7. The van der Waals surface area contributed by atoms with Crippen LogP contribution >= 0.6 is 0 Å². The number of benzene rings is 1. The van der Waals surface area contributed by atoms with E-state index in [0.717, 1.165) is 17.8 Å². The molecule has 0 bridgehead atoms. The van der Waals surface area contributed by atoms with Gasteiger partial charge >= 0.3 is 0 Å². The number of allylic oxidation sites excluding steroid dienone is 2. The summed E-state index contributed by atoms with van der Waals surface area (Å²) in [4.78, 5) is 0. The van der Waals surface area contributed by atoms with Crippen LogP contribution in [0.25, 0.3) is 0 Å². The predicted octanol–water partition coefficient (Wildman–Crippen LogP) is 8.82. The summed E-state index contributed by atoms with van der Waals surface area (Å²) in [6.45, 7) is 4.50. The van der Waals surface area contributed by atoms with Crippen LogP contribution in [0, 0.1) is 24.7 Å². The summed E-state index contributed by atoms with van der Waals surface area (Å²) in [5.74, 6) is 3.09. The van der Waals surface area contributed by atoms with E-state index < -0.39 is 0 Å². The third-order valence-corrected chi connectivity index (χ3v) is 7.63. The molecule has 0 radical (unpaired) electrons. The standard InChI is InChI=1S/C28H44/c1-3-4-5-6-24-11-13-26(14-12-24)17-18-28-21-19-27(20-22-28)16-15-25-9-7-23(2)8-10-25/h7-10,19,24,26,28H,3-6,11-18,20-22H2,1-2H3. The van der Waals surface area contributed by atoms with Gasteiger partial charge in [0.2, 0.25) is 0 Å². The van der Waals surface area contributed by atoms with E-state index in [1.165, 1.54) is 107 Å². The number of hydrogen-bond acceptors (Lipinski definition) is 0. The molecule has 0 heteroatoms. The van der Waals surface area contributed by atoms with Gasteiger partial charge in [-0.25, -0.2) is 0 Å². The third-order valence-electron chi connectivity index (χ3n) is 7.63. The monoisotopic (exact) mass is 380 g/mol. The van der Waals surface area contributed by atoms with Crippen molar-refractivity contribution in [1.82, 2.24) is 0 Å². The SMILES string of the molecule is CCCCCC1CCC(CCC2CC=C(CCc3ccc(C)cc3)CC2)CC1. The fourth-order valence-electron chi connectivity index (χ4n) is 5.45. The molecule has 0 amide bonds. The summed E-state index contributed by atoms with van der Waals surface area (Å²) in [6, 6.07) is 9.11. The Morgan fingerprint density at radius 3 is 2.07 bits per heavy atom. The molecule has 0 saturated heterocycles. The molecule has 0 aromatic heterocycles. The molecule has 1 fully saturated rings. The zero-order valence-electron chi connectivity index (χ0n) is 18.7. The first-order valence-electron chi connectivity index (χ1n) is 12.5. The predicted molar refractivity (Wildman–Crippen MR) is 124 cm³/mol. The van der Waals surface area contributed by atoms with E-state index in [1.807, 2.05) is 0 Å². The van der Waals surface area contributed by atoms with Crippen molar-refractivity contribution in [1.29, 1.82) is 0 Å². The van der Waals surface area contributed by atoms with Gasteiger partial charge in [0.25, 0.3) is 0 Å². The maximum atomic E-state index is 2.60. The van der Waals surface area contributed by atoms with Gasteiger partial charge in [0.1, 0.15) is 0 Å². The van der Waals surface area contributed by atoms with Crippen molar-refractivity contribution in [3.05, 3.63) is 47.0 Å². The van der Waals surface area contributed by atoms with E-state index in [-0.39, 0.29) is 0 Å². The van der Waals surface area contributed by atoms with Crippen molar-refractivity contribution in [2.45, 2.75) is 110 Å². The zero-order chi connectivity index (χ0) is 19.6. The average molecular weight is 381 g/mol. The molecule has 1 unspecified atom stereocenters. The molecule has 0 nitrogen and oxygen atoms in total. The van der Waals surface area contributed by atoms with E-state index in [2.05, 4.69) is 44.2 Å². The van der Waals surface area contributed by atoms with E-state index >= 15 is 0 Å². The molecule has 0 heterocycles. The van der Waals surface area contributed by atoms with E-state index in [1.54, 1.807) is 5.57 Å². The Labute approximate surface area is 175 Å². The topological polar surface area (TPSA) is 0 Å². The van der Waals surface area contributed by atoms with Crippen molar-refractivity contribution in [3.8, 4) is 0 Å². The smallest absolute Gasteiger partial charge is 0.0241 e. The number of unbranched alkanes of at least 4 members (excludes halogenated alkanes) is 2. The second kappa shape index (κ2) is 11.8. The van der Waals surface area contributed by atoms with Gasteiger partial charge in [0.05, 0.1) is 0 Å². The Bertz CT molecular complexity index is 571. The van der Waals surface area contributed by atoms with Gasteiger partial charge in [0, 0.05) is 0 Å². The van der Waals surface area contributed by atoms with Crippen LogP contribution in [-0.4, -0.2) is 0 Å². The summed E-state index contributed by atoms with van der Waals surface area (Å²) >= 11 is 0. The Morgan fingerprint density at radius 2 is 1.43 bits per heavy atom. The normalized spacial score (nSPS) is 25.5. The minimum atomic E-state index is 0.977. The van der Waals surface area contributed by atoms with Crippen molar-refractivity contribution in [3.63, 3.8) is 0 Å². The van der Waals surface area contributed by atoms with E-state index in [4.69, 9.17) is 0 Å². The zero-order valence-corrected chi connectivity index (χ0v) is 18.7. The quantitative estimate of drug-likeness (QED) is 0.281. The summed E-state index contributed by atoms with van der Waals surface area (Å²) in [6.07, 6.45) is 24.2. The minimum absolute atomic E-state index is 0.977. The molecule has 0 aliphatic heterocycles. The van der Waals surface area contributed by atoms with Gasteiger partial charge in [-0.2, -0.15) is 0 Å². The number of rotatable bonds is 10. The van der Waals surface area contributed by atoms with Gasteiger partial charge < -0.3 is 0 Å². The lowest BCUT2D eigenvalue weighted by Gasteiger charge is -2.30. The molecule has 2 aliphatic carbocycles. The van der Waals surface area contributed by atoms with Crippen LogP contribution < -0.4 is 0 Å². The molecule has 1 saturated carbocycles. The molecule has 28 heavy (non-hydrogen) atoms. The van der Waals surface area contributed by atoms with Gasteiger partial charge in [-0.05, 0) is 68.8 Å². The van der Waals surface area contributed by atoms with Crippen LogP contribution in [0.5, 0.6) is 0 Å². The summed E-state index contributed by atoms with van der Waals surface area (Å²) in [5, 5.41) is 0. The van der Waals surface area contributed by atoms with Crippen molar-refractivity contribution in [2.24, 2.45) is 17.8 Å². The molecule has 1 aromatic carbocycles. The largest absolute Gasteiger partial charge is 0.0850 e. The molecular weight excluding hydrogens is 336 g/mol. The van der Waals surface area contributed by atoms with Crippen LogP contribution in [-0.2, 0) is 6.42 Å². The van der Waals surface area contributed by atoms with Crippen LogP contribution in [0.3, 0.4) is 0 Å². The van der Waals surface area contributed by atoms with Crippen molar-refractivity contribution >= 4 is 0 Å². The lowest BCUT2D eigenvalue weighted by Crippen LogP contribution is -2.16. The highest BCUT2D eigenvalue weighted by molar-refractivity contribution is 5.22. The van der Waals surface area contributed by atoms with Crippen LogP contribution in [0.4, 0.5) is 0 Å². The fourth-order valence-corrected chi connectivity index (χ4v) is 5.45. The van der Waals surface area contributed by atoms with Crippen LogP contribution in [0.2, 0.25) is 0 Å². The number of aryl methyl sites for hydroxylation is 2. The van der Waals surface area contributed by atoms with Gasteiger partial charge in [0.15, 0.2) is 0 Å². The Morgan fingerprint density at radius 1 is 0.750 bits per heavy atom. The first-order chi connectivity index (χ1) is 13.7. The van der Waals surface area contributed by atoms with Gasteiger partial charge in [-0.1, -0.05) is 106 Å². The summed E-state index contributed by atoms with van der Waals surface area (Å²) in [7, 11) is 0. The molecular formula is C28H44. The maximum Gasteiger partial charge on any atom is -0.0241 e. The van der Waals surface area contributed by atoms with Crippen molar-refractivity contribution in [2.75, 3.05) is 0 Å². The lowest BCUT2D eigenvalue weighted by molar-refractivity contribution is 0.234. The van der Waals surface area contributed by atoms with Crippen molar-refractivity contribution < 1.29 is 0 Å². The molecule has 3 rings (SSSR count). The van der Waals surface area contributed by atoms with Gasteiger partial charge in [-0.3, -0.25) is 0 Å². The molecule has 0 N–H and O–H groups in total. The summed E-state index contributed by atoms with van der Waals surface area (Å²) < 4.78 is 0. The summed E-state index contributed by atoms with van der Waals surface area (Å²) in [5.41, 5.74) is 4.59. The highest BCUT2D eigenvalue weighted by Crippen LogP contribution is 2.37. The molecule has 156 valence electrons. The van der Waals surface area contributed by atoms with E-state index in [9.17, 15) is 0 Å². The maximum absolute atomic E-state index is 2.60. The third kappa shape index (κ3) is 7.41. The Hall–Kier alpha value is -1.04. The average Bonchev–Trinajstić information content (AvgIpc) is 2.74. The second-order valence-electron chi connectivity index (χ2n) is 9.95. The Kier molecular flexibility index (Phi) is 9.16. The van der Waals surface area contributed by atoms with E-state index in [0.29, 0.717) is 0 Å². The molecule has 0 spiro atoms. The minimum Gasteiger partial charge on any atom is -0.0850 e. The lowest BCUT2D eigenvalue weighted by atomic mass is 9.76. The molecule has 1 aromatic rings. The van der Waals surface area contributed by atoms with Crippen LogP contribution in [0.15, 0.2) is 35.9 Å². The number of hydrogen-bond donors (Lipinski definition) is 0. The van der Waals surface area contributed by atoms with Crippen LogP contribution in [0.1, 0.15) is 108 Å². The Balaban J connectivity index is 1.28. The molecule has 1 atom stereocenters. The first-order valence-corrected chi connectivity index (χ1v) is 12.5. The second-order valence-corrected chi connectivity index (χ2v) is 9.95. The highest BCUT2D eigenvalue weighted by Gasteiger charge is 2.22. The van der Waals surface area contributed by atoms with Gasteiger partial charge in [-0.15, -0.1) is 0 Å². The highest BCUT2D eigenvalue weighted by atomic mass is 14.3.